The van der Waals surface area contributed by atoms with Crippen LogP contribution in [0.4, 0.5) is 0 Å². The predicted octanol–water partition coefficient (Wildman–Crippen LogP) is 0.657. The van der Waals surface area contributed by atoms with E-state index in [4.69, 9.17) is 11.6 Å². The van der Waals surface area contributed by atoms with Crippen molar-refractivity contribution in [2.24, 2.45) is 7.05 Å². The van der Waals surface area contributed by atoms with E-state index < -0.39 is 0 Å². The molecule has 1 aromatic rings. The van der Waals surface area contributed by atoms with Gasteiger partial charge in [-0.25, -0.2) is 4.98 Å². The van der Waals surface area contributed by atoms with Crippen molar-refractivity contribution < 1.29 is 0 Å². The molecule has 0 saturated carbocycles. The minimum Gasteiger partial charge on any atom is -0.306 e. The molecule has 1 aromatic heterocycles. The molecular formula is C7H11ClN4. The predicted molar refractivity (Wildman–Crippen MR) is 47.7 cm³/mol. The second kappa shape index (κ2) is 4.90. The van der Waals surface area contributed by atoms with Crippen LogP contribution in [0.15, 0.2) is 17.9 Å². The highest BCUT2D eigenvalue weighted by Crippen LogP contribution is 1.86. The van der Waals surface area contributed by atoms with Gasteiger partial charge in [-0.3, -0.25) is 4.68 Å². The van der Waals surface area contributed by atoms with Crippen LogP contribution in [0.3, 0.4) is 0 Å². The Balaban J connectivity index is 2.24. The van der Waals surface area contributed by atoms with Gasteiger partial charge in [0.2, 0.25) is 0 Å². The molecule has 0 amide bonds. The number of rotatable bonds is 4. The Morgan fingerprint density at radius 3 is 3.17 bits per heavy atom. The third-order valence-corrected chi connectivity index (χ3v) is 1.46. The van der Waals surface area contributed by atoms with Crippen LogP contribution in [0.2, 0.25) is 0 Å². The van der Waals surface area contributed by atoms with E-state index in [-0.39, 0.29) is 0 Å². The standard InChI is InChI=1S/C7H11ClN4/c1-12-6-10-7(11-12)5-9-4-2-3-8/h2-3,6,9H,4-5H2,1H3/b3-2+. The molecule has 0 aliphatic heterocycles. The lowest BCUT2D eigenvalue weighted by Gasteiger charge is -1.94. The molecule has 0 spiro atoms. The highest BCUT2D eigenvalue weighted by molar-refractivity contribution is 6.25. The smallest absolute Gasteiger partial charge is 0.164 e. The van der Waals surface area contributed by atoms with Gasteiger partial charge >= 0.3 is 0 Å². The van der Waals surface area contributed by atoms with E-state index in [1.807, 2.05) is 13.1 Å². The average Bonchev–Trinajstić information content (AvgIpc) is 2.45. The van der Waals surface area contributed by atoms with Crippen LogP contribution >= 0.6 is 11.6 Å². The van der Waals surface area contributed by atoms with Gasteiger partial charge in [0.05, 0.1) is 6.54 Å². The Hall–Kier alpha value is -0.870. The zero-order valence-electron chi connectivity index (χ0n) is 6.87. The summed E-state index contributed by atoms with van der Waals surface area (Å²) in [4.78, 5) is 4.05. The number of aromatic nitrogens is 3. The Labute approximate surface area is 76.2 Å². The van der Waals surface area contributed by atoms with E-state index in [1.165, 1.54) is 5.54 Å². The molecule has 5 heteroatoms. The number of hydrogen-bond acceptors (Lipinski definition) is 3. The molecule has 1 N–H and O–H groups in total. The summed E-state index contributed by atoms with van der Waals surface area (Å²) in [5.74, 6) is 0.792. The van der Waals surface area contributed by atoms with Gasteiger partial charge in [0, 0.05) is 19.1 Å². The average molecular weight is 187 g/mol. The van der Waals surface area contributed by atoms with Crippen LogP contribution in [0.1, 0.15) is 5.82 Å². The SMILES string of the molecule is Cn1cnc(CNC/C=C/Cl)n1. The topological polar surface area (TPSA) is 42.7 Å². The fourth-order valence-electron chi connectivity index (χ4n) is 0.777. The number of nitrogens with one attached hydrogen (secondary N) is 1. The van der Waals surface area contributed by atoms with Crippen molar-refractivity contribution in [2.75, 3.05) is 6.54 Å². The van der Waals surface area contributed by atoms with Gasteiger partial charge in [-0.05, 0) is 0 Å². The lowest BCUT2D eigenvalue weighted by molar-refractivity contribution is 0.687. The zero-order valence-corrected chi connectivity index (χ0v) is 7.62. The fraction of sp³-hybridized carbons (Fsp3) is 0.429. The van der Waals surface area contributed by atoms with Gasteiger partial charge in [-0.1, -0.05) is 17.7 Å². The number of nitrogens with zero attached hydrogens (tertiary/aromatic N) is 3. The van der Waals surface area contributed by atoms with Crippen LogP contribution in [0.5, 0.6) is 0 Å². The van der Waals surface area contributed by atoms with Crippen molar-refractivity contribution in [1.29, 1.82) is 0 Å². The summed E-state index contributed by atoms with van der Waals surface area (Å²) in [5.41, 5.74) is 1.48. The van der Waals surface area contributed by atoms with Gasteiger partial charge in [-0.2, -0.15) is 5.10 Å². The van der Waals surface area contributed by atoms with Crippen molar-refractivity contribution in [3.63, 3.8) is 0 Å². The van der Waals surface area contributed by atoms with Crippen LogP contribution in [-0.4, -0.2) is 21.3 Å². The fourth-order valence-corrected chi connectivity index (χ4v) is 0.866. The largest absolute Gasteiger partial charge is 0.306 e. The highest BCUT2D eigenvalue weighted by Gasteiger charge is 1.95. The summed E-state index contributed by atoms with van der Waals surface area (Å²) in [5, 5.41) is 7.20. The maximum absolute atomic E-state index is 5.33. The number of aryl methyl sites for hydroxylation is 1. The van der Waals surface area contributed by atoms with E-state index in [1.54, 1.807) is 11.0 Å². The maximum atomic E-state index is 5.33. The van der Waals surface area contributed by atoms with Gasteiger partial charge in [0.1, 0.15) is 6.33 Å². The Kier molecular flexibility index (Phi) is 3.76. The van der Waals surface area contributed by atoms with Gasteiger partial charge in [-0.15, -0.1) is 0 Å². The molecule has 0 fully saturated rings. The first kappa shape index (κ1) is 9.22. The monoisotopic (exact) mass is 186 g/mol. The summed E-state index contributed by atoms with van der Waals surface area (Å²) in [7, 11) is 1.84. The minimum absolute atomic E-state index is 0.669. The first-order valence-electron chi connectivity index (χ1n) is 3.63. The van der Waals surface area contributed by atoms with E-state index in [2.05, 4.69) is 15.4 Å². The Bertz CT molecular complexity index is 256. The quantitative estimate of drug-likeness (QED) is 0.703. The van der Waals surface area contributed by atoms with Gasteiger partial charge in [0.15, 0.2) is 5.82 Å². The third-order valence-electron chi connectivity index (χ3n) is 1.28. The molecular weight excluding hydrogens is 176 g/mol. The number of halogens is 1. The molecule has 12 heavy (non-hydrogen) atoms. The molecule has 0 unspecified atom stereocenters. The maximum Gasteiger partial charge on any atom is 0.164 e. The van der Waals surface area contributed by atoms with Crippen LogP contribution in [0, 0.1) is 0 Å². The van der Waals surface area contributed by atoms with Crippen molar-refractivity contribution >= 4 is 11.6 Å². The van der Waals surface area contributed by atoms with Crippen molar-refractivity contribution in [2.45, 2.75) is 6.54 Å². The van der Waals surface area contributed by atoms with Crippen molar-refractivity contribution in [3.05, 3.63) is 23.8 Å². The van der Waals surface area contributed by atoms with E-state index >= 15 is 0 Å². The van der Waals surface area contributed by atoms with Gasteiger partial charge < -0.3 is 5.32 Å². The summed E-state index contributed by atoms with van der Waals surface area (Å²) in [6, 6.07) is 0. The molecule has 4 nitrogen and oxygen atoms in total. The van der Waals surface area contributed by atoms with E-state index in [0.717, 1.165) is 12.4 Å². The molecule has 0 radical (unpaired) electrons. The summed E-state index contributed by atoms with van der Waals surface area (Å²) < 4.78 is 1.68. The summed E-state index contributed by atoms with van der Waals surface area (Å²) in [6.07, 6.45) is 3.50. The molecule has 0 bridgehead atoms. The van der Waals surface area contributed by atoms with Crippen LogP contribution < -0.4 is 5.32 Å². The van der Waals surface area contributed by atoms with Gasteiger partial charge in [0.25, 0.3) is 0 Å². The molecule has 0 aliphatic rings. The van der Waals surface area contributed by atoms with Crippen molar-refractivity contribution in [3.8, 4) is 0 Å². The molecule has 0 aromatic carbocycles. The normalized spacial score (nSPS) is 11.2. The van der Waals surface area contributed by atoms with Crippen molar-refractivity contribution in [1.82, 2.24) is 20.1 Å². The molecule has 0 saturated heterocycles. The minimum atomic E-state index is 0.669. The Morgan fingerprint density at radius 1 is 1.75 bits per heavy atom. The lowest BCUT2D eigenvalue weighted by Crippen LogP contribution is -2.14. The first-order chi connectivity index (χ1) is 5.83. The molecule has 66 valence electrons. The first-order valence-corrected chi connectivity index (χ1v) is 4.07. The molecule has 1 heterocycles. The Morgan fingerprint density at radius 2 is 2.58 bits per heavy atom. The second-order valence-electron chi connectivity index (χ2n) is 2.33. The van der Waals surface area contributed by atoms with E-state index in [9.17, 15) is 0 Å². The number of hydrogen-bond donors (Lipinski definition) is 1. The molecule has 1 rings (SSSR count). The zero-order chi connectivity index (χ0) is 8.81. The third kappa shape index (κ3) is 3.02. The molecule has 0 aliphatic carbocycles. The highest BCUT2D eigenvalue weighted by atomic mass is 35.5. The lowest BCUT2D eigenvalue weighted by atomic mass is 10.5. The molecule has 0 atom stereocenters. The van der Waals surface area contributed by atoms with Crippen LogP contribution in [0.25, 0.3) is 0 Å². The summed E-state index contributed by atoms with van der Waals surface area (Å²) in [6.45, 7) is 1.41. The van der Waals surface area contributed by atoms with E-state index in [0.29, 0.717) is 6.54 Å². The second-order valence-corrected chi connectivity index (χ2v) is 2.58. The summed E-state index contributed by atoms with van der Waals surface area (Å²) >= 11 is 5.33. The van der Waals surface area contributed by atoms with Crippen LogP contribution in [-0.2, 0) is 13.6 Å².